The highest BCUT2D eigenvalue weighted by atomic mass is 19.4. The van der Waals surface area contributed by atoms with E-state index in [1.54, 1.807) is 11.8 Å². The van der Waals surface area contributed by atoms with Crippen LogP contribution in [0.1, 0.15) is 58.6 Å². The summed E-state index contributed by atoms with van der Waals surface area (Å²) in [6, 6.07) is 4.20. The maximum atomic E-state index is 13.7. The standard InChI is InChI=1S/C26H38F3N3O4/c1-6-35-22(33)25(5)7-9-31(10-8-25)21-16-19(15-20(17-21)26(27,28)29)18-30-11-13-32(14-12-30)23(34)36-24(2,3)4/h15-17H,6-14,18H2,1-5H3. The Hall–Kier alpha value is -2.49. The average molecular weight is 514 g/mol. The van der Waals surface area contributed by atoms with E-state index >= 15 is 0 Å². The van der Waals surface area contributed by atoms with Crippen LogP contribution in [0.2, 0.25) is 0 Å². The molecule has 0 saturated carbocycles. The first-order valence-corrected chi connectivity index (χ1v) is 12.5. The monoisotopic (exact) mass is 513 g/mol. The fourth-order valence-electron chi connectivity index (χ4n) is 4.55. The van der Waals surface area contributed by atoms with E-state index in [0.29, 0.717) is 76.5 Å². The fourth-order valence-corrected chi connectivity index (χ4v) is 4.55. The third kappa shape index (κ3) is 7.27. The smallest absolute Gasteiger partial charge is 0.416 e. The van der Waals surface area contributed by atoms with Crippen LogP contribution in [0.25, 0.3) is 0 Å². The molecule has 0 aliphatic carbocycles. The SMILES string of the molecule is CCOC(=O)C1(C)CCN(c2cc(CN3CCN(C(=O)OC(C)(C)C)CC3)cc(C(F)(F)F)c2)CC1. The van der Waals surface area contributed by atoms with Crippen LogP contribution >= 0.6 is 0 Å². The minimum absolute atomic E-state index is 0.250. The van der Waals surface area contributed by atoms with Crippen LogP contribution in [-0.2, 0) is 27.0 Å². The predicted molar refractivity (Wildman–Crippen MR) is 131 cm³/mol. The van der Waals surface area contributed by atoms with Crippen LogP contribution in [-0.4, -0.2) is 73.3 Å². The summed E-state index contributed by atoms with van der Waals surface area (Å²) < 4.78 is 51.8. The molecule has 1 amide bonds. The van der Waals surface area contributed by atoms with Crippen molar-refractivity contribution in [3.05, 3.63) is 29.3 Å². The quantitative estimate of drug-likeness (QED) is 0.521. The number of nitrogens with zero attached hydrogens (tertiary/aromatic N) is 3. The van der Waals surface area contributed by atoms with Gasteiger partial charge in [0, 0.05) is 51.5 Å². The number of amides is 1. The molecule has 3 rings (SSSR count). The van der Waals surface area contributed by atoms with Crippen LogP contribution in [0.5, 0.6) is 0 Å². The molecule has 10 heteroatoms. The van der Waals surface area contributed by atoms with Crippen molar-refractivity contribution in [2.24, 2.45) is 5.41 Å². The van der Waals surface area contributed by atoms with Gasteiger partial charge in [0.25, 0.3) is 0 Å². The van der Waals surface area contributed by atoms with Gasteiger partial charge >= 0.3 is 18.2 Å². The largest absolute Gasteiger partial charge is 0.466 e. The lowest BCUT2D eigenvalue weighted by molar-refractivity contribution is -0.155. The second kappa shape index (κ2) is 10.9. The Morgan fingerprint density at radius 2 is 1.58 bits per heavy atom. The van der Waals surface area contributed by atoms with Gasteiger partial charge in [-0.2, -0.15) is 13.2 Å². The predicted octanol–water partition coefficient (Wildman–Crippen LogP) is 4.93. The van der Waals surface area contributed by atoms with Crippen LogP contribution in [0.3, 0.4) is 0 Å². The molecule has 2 fully saturated rings. The highest BCUT2D eigenvalue weighted by Crippen LogP contribution is 2.37. The van der Waals surface area contributed by atoms with Gasteiger partial charge in [-0.05, 0) is 71.2 Å². The number of benzene rings is 1. The molecule has 1 aromatic carbocycles. The van der Waals surface area contributed by atoms with E-state index in [1.165, 1.54) is 12.1 Å². The third-order valence-electron chi connectivity index (χ3n) is 6.74. The number of carbonyl (C=O) groups excluding carboxylic acids is 2. The van der Waals surface area contributed by atoms with E-state index in [0.717, 1.165) is 0 Å². The van der Waals surface area contributed by atoms with Gasteiger partial charge in [-0.25, -0.2) is 4.79 Å². The van der Waals surface area contributed by atoms with Gasteiger partial charge in [-0.1, -0.05) is 0 Å². The zero-order chi connectivity index (χ0) is 26.7. The average Bonchev–Trinajstić information content (AvgIpc) is 2.78. The van der Waals surface area contributed by atoms with Gasteiger partial charge in [-0.3, -0.25) is 9.69 Å². The lowest BCUT2D eigenvalue weighted by Gasteiger charge is -2.39. The molecule has 0 atom stereocenters. The molecule has 1 aromatic rings. The molecular formula is C26H38F3N3O4. The second-order valence-corrected chi connectivity index (χ2v) is 10.9. The Kier molecular flexibility index (Phi) is 8.48. The molecule has 7 nitrogen and oxygen atoms in total. The number of rotatable bonds is 5. The maximum absolute atomic E-state index is 13.7. The van der Waals surface area contributed by atoms with E-state index in [-0.39, 0.29) is 12.1 Å². The van der Waals surface area contributed by atoms with Gasteiger partial charge in [-0.15, -0.1) is 0 Å². The van der Waals surface area contributed by atoms with E-state index in [9.17, 15) is 22.8 Å². The van der Waals surface area contributed by atoms with Crippen molar-refractivity contribution in [2.75, 3.05) is 50.8 Å². The lowest BCUT2D eigenvalue weighted by Crippen LogP contribution is -2.49. The summed E-state index contributed by atoms with van der Waals surface area (Å²) in [7, 11) is 0. The van der Waals surface area contributed by atoms with Crippen molar-refractivity contribution in [1.82, 2.24) is 9.80 Å². The molecule has 0 radical (unpaired) electrons. The number of hydrogen-bond donors (Lipinski definition) is 0. The molecule has 0 aromatic heterocycles. The summed E-state index contributed by atoms with van der Waals surface area (Å²) in [6.45, 7) is 12.7. The number of hydrogen-bond acceptors (Lipinski definition) is 6. The van der Waals surface area contributed by atoms with Crippen molar-refractivity contribution in [3.63, 3.8) is 0 Å². The molecule has 202 valence electrons. The molecule has 2 saturated heterocycles. The number of alkyl halides is 3. The highest BCUT2D eigenvalue weighted by Gasteiger charge is 2.39. The molecule has 0 spiro atoms. The zero-order valence-corrected chi connectivity index (χ0v) is 21.9. The Labute approximate surface area is 211 Å². The molecule has 36 heavy (non-hydrogen) atoms. The number of piperazine rings is 1. The summed E-state index contributed by atoms with van der Waals surface area (Å²) in [5.74, 6) is -0.250. The van der Waals surface area contributed by atoms with Crippen molar-refractivity contribution in [2.45, 2.75) is 65.8 Å². The van der Waals surface area contributed by atoms with Gasteiger partial charge in [0.15, 0.2) is 0 Å². The molecule has 0 N–H and O–H groups in total. The Balaban J connectivity index is 1.68. The normalized spacial score (nSPS) is 19.2. The van der Waals surface area contributed by atoms with E-state index in [4.69, 9.17) is 9.47 Å². The van der Waals surface area contributed by atoms with Gasteiger partial charge in [0.05, 0.1) is 17.6 Å². The lowest BCUT2D eigenvalue weighted by atomic mass is 9.80. The first-order chi connectivity index (χ1) is 16.7. The molecule has 0 unspecified atom stereocenters. The molecule has 2 heterocycles. The van der Waals surface area contributed by atoms with Crippen LogP contribution in [0.15, 0.2) is 18.2 Å². The van der Waals surface area contributed by atoms with Crippen molar-refractivity contribution in [3.8, 4) is 0 Å². The summed E-state index contributed by atoms with van der Waals surface area (Å²) in [4.78, 5) is 30.2. The summed E-state index contributed by atoms with van der Waals surface area (Å²) in [5.41, 5.74) is -0.793. The number of piperidine rings is 1. The van der Waals surface area contributed by atoms with E-state index < -0.39 is 22.8 Å². The van der Waals surface area contributed by atoms with Crippen LogP contribution in [0, 0.1) is 5.41 Å². The zero-order valence-electron chi connectivity index (χ0n) is 21.9. The Morgan fingerprint density at radius 3 is 2.11 bits per heavy atom. The van der Waals surface area contributed by atoms with Gasteiger partial charge in [0.1, 0.15) is 5.60 Å². The van der Waals surface area contributed by atoms with E-state index in [1.807, 2.05) is 43.6 Å². The van der Waals surface area contributed by atoms with Crippen molar-refractivity contribution in [1.29, 1.82) is 0 Å². The molecular weight excluding hydrogens is 475 g/mol. The number of esters is 1. The molecule has 0 bridgehead atoms. The first-order valence-electron chi connectivity index (χ1n) is 12.5. The van der Waals surface area contributed by atoms with E-state index in [2.05, 4.69) is 0 Å². The summed E-state index contributed by atoms with van der Waals surface area (Å²) >= 11 is 0. The summed E-state index contributed by atoms with van der Waals surface area (Å²) in [6.07, 6.45) is -3.80. The molecule has 2 aliphatic rings. The van der Waals surface area contributed by atoms with Crippen LogP contribution < -0.4 is 4.90 Å². The third-order valence-corrected chi connectivity index (χ3v) is 6.74. The Bertz CT molecular complexity index is 929. The van der Waals surface area contributed by atoms with Gasteiger partial charge in [0.2, 0.25) is 0 Å². The number of halogens is 3. The summed E-state index contributed by atoms with van der Waals surface area (Å²) in [5, 5.41) is 0. The minimum atomic E-state index is -4.46. The minimum Gasteiger partial charge on any atom is -0.466 e. The number of ether oxygens (including phenoxy) is 2. The number of anilines is 1. The van der Waals surface area contributed by atoms with Crippen molar-refractivity contribution < 1.29 is 32.2 Å². The Morgan fingerprint density at radius 1 is 0.972 bits per heavy atom. The maximum Gasteiger partial charge on any atom is 0.416 e. The molecule has 2 aliphatic heterocycles. The van der Waals surface area contributed by atoms with Crippen LogP contribution in [0.4, 0.5) is 23.7 Å². The van der Waals surface area contributed by atoms with Crippen molar-refractivity contribution >= 4 is 17.7 Å². The second-order valence-electron chi connectivity index (χ2n) is 10.9. The first kappa shape index (κ1) is 28.1. The number of carbonyl (C=O) groups is 2. The fraction of sp³-hybridized carbons (Fsp3) is 0.692. The highest BCUT2D eigenvalue weighted by molar-refractivity contribution is 5.77. The van der Waals surface area contributed by atoms with Gasteiger partial charge < -0.3 is 19.3 Å². The topological polar surface area (TPSA) is 62.3 Å².